The lowest BCUT2D eigenvalue weighted by atomic mass is 10.1. The zero-order valence-electron chi connectivity index (χ0n) is 16.7. The van der Waals surface area contributed by atoms with E-state index in [0.717, 1.165) is 44.8 Å². The first-order chi connectivity index (χ1) is 13.4. The van der Waals surface area contributed by atoms with E-state index >= 15 is 0 Å². The number of likely N-dealkylation sites (N-methyl/N-ethyl adjacent to an activating group) is 1. The maximum Gasteiger partial charge on any atom is 0.416 e. The van der Waals surface area contributed by atoms with Gasteiger partial charge >= 0.3 is 6.18 Å². The van der Waals surface area contributed by atoms with E-state index in [1.807, 2.05) is 14.0 Å². The summed E-state index contributed by atoms with van der Waals surface area (Å²) < 4.78 is 42.7. The topological polar surface area (TPSA) is 48.9 Å². The third-order valence-corrected chi connectivity index (χ3v) is 3.77. The molecule has 0 saturated carbocycles. The van der Waals surface area contributed by atoms with Crippen LogP contribution in [-0.2, 0) is 10.9 Å². The number of nitrogens with zero attached hydrogens (tertiary/aromatic N) is 2. The van der Waals surface area contributed by atoms with E-state index in [-0.39, 0.29) is 0 Å². The number of alkyl halides is 3. The second kappa shape index (κ2) is 13.0. The molecule has 0 heterocycles. The minimum Gasteiger partial charge on any atom is -0.385 e. The number of ether oxygens (including phenoxy) is 1. The highest BCUT2D eigenvalue weighted by Gasteiger charge is 2.29. The van der Waals surface area contributed by atoms with E-state index in [9.17, 15) is 13.2 Å². The Labute approximate surface area is 165 Å². The van der Waals surface area contributed by atoms with E-state index in [2.05, 4.69) is 32.4 Å². The van der Waals surface area contributed by atoms with Crippen LogP contribution in [0.5, 0.6) is 0 Å². The van der Waals surface area contributed by atoms with Crippen molar-refractivity contribution in [3.8, 4) is 11.8 Å². The maximum absolute atomic E-state index is 12.5. The van der Waals surface area contributed by atoms with Gasteiger partial charge in [-0.25, -0.2) is 0 Å². The van der Waals surface area contributed by atoms with Gasteiger partial charge in [0, 0.05) is 38.9 Å². The van der Waals surface area contributed by atoms with Gasteiger partial charge in [0.1, 0.15) is 0 Å². The Balaban J connectivity index is 2.45. The molecule has 1 aromatic carbocycles. The van der Waals surface area contributed by atoms with E-state index in [4.69, 9.17) is 4.74 Å². The third-order valence-electron chi connectivity index (χ3n) is 3.77. The number of guanidine groups is 1. The fraction of sp³-hybridized carbons (Fsp3) is 0.550. The monoisotopic (exact) mass is 398 g/mol. The van der Waals surface area contributed by atoms with Crippen molar-refractivity contribution in [2.75, 3.05) is 53.5 Å². The summed E-state index contributed by atoms with van der Waals surface area (Å²) in [7, 11) is 3.74. The Morgan fingerprint density at radius 1 is 1.18 bits per heavy atom. The van der Waals surface area contributed by atoms with Crippen molar-refractivity contribution in [1.29, 1.82) is 0 Å². The van der Waals surface area contributed by atoms with Crippen LogP contribution < -0.4 is 10.6 Å². The summed E-state index contributed by atoms with van der Waals surface area (Å²) in [6.07, 6.45) is -3.35. The molecular formula is C20H29F3N4O. The van der Waals surface area contributed by atoms with Gasteiger partial charge in [0.15, 0.2) is 5.96 Å². The molecule has 2 N–H and O–H groups in total. The van der Waals surface area contributed by atoms with Gasteiger partial charge in [-0.15, -0.1) is 0 Å². The molecule has 0 bridgehead atoms. The highest BCUT2D eigenvalue weighted by molar-refractivity contribution is 5.80. The molecular weight excluding hydrogens is 369 g/mol. The van der Waals surface area contributed by atoms with Crippen LogP contribution in [0.2, 0.25) is 0 Å². The predicted octanol–water partition coefficient (Wildman–Crippen LogP) is 2.58. The number of rotatable bonds is 9. The smallest absolute Gasteiger partial charge is 0.385 e. The second-order valence-corrected chi connectivity index (χ2v) is 6.14. The first kappa shape index (κ1) is 23.8. The lowest BCUT2D eigenvalue weighted by Gasteiger charge is -2.15. The predicted molar refractivity (Wildman–Crippen MR) is 106 cm³/mol. The summed E-state index contributed by atoms with van der Waals surface area (Å²) >= 11 is 0. The maximum atomic E-state index is 12.5. The number of nitrogens with one attached hydrogen (secondary N) is 2. The van der Waals surface area contributed by atoms with E-state index in [1.165, 1.54) is 12.1 Å². The summed E-state index contributed by atoms with van der Waals surface area (Å²) in [6, 6.07) is 4.81. The molecule has 0 aliphatic rings. The molecule has 0 aliphatic carbocycles. The molecule has 8 heteroatoms. The summed E-state index contributed by atoms with van der Waals surface area (Å²) in [5, 5.41) is 6.24. The molecule has 5 nitrogen and oxygen atoms in total. The average Bonchev–Trinajstić information content (AvgIpc) is 2.65. The lowest BCUT2D eigenvalue weighted by Crippen LogP contribution is -2.38. The standard InChI is InChI=1S/C20H29F3N4O/c1-4-24-19(26-13-15-27(2)14-6-16-28-3)25-12-5-7-17-8-10-18(11-9-17)20(21,22)23/h8-11H,4,6,12-16H2,1-3H3,(H2,24,25,26). The van der Waals surface area contributed by atoms with Crippen molar-refractivity contribution >= 4 is 5.96 Å². The van der Waals surface area contributed by atoms with Crippen molar-refractivity contribution in [2.24, 2.45) is 4.99 Å². The van der Waals surface area contributed by atoms with Gasteiger partial charge in [-0.1, -0.05) is 11.8 Å². The first-order valence-electron chi connectivity index (χ1n) is 9.22. The highest BCUT2D eigenvalue weighted by atomic mass is 19.4. The summed E-state index contributed by atoms with van der Waals surface area (Å²) in [5.74, 6) is 6.40. The van der Waals surface area contributed by atoms with Gasteiger partial charge in [0.05, 0.1) is 18.7 Å². The number of hydrogen-bond donors (Lipinski definition) is 2. The molecule has 28 heavy (non-hydrogen) atoms. The summed E-state index contributed by atoms with van der Waals surface area (Å²) in [5.41, 5.74) is -0.139. The quantitative estimate of drug-likeness (QED) is 0.291. The van der Waals surface area contributed by atoms with Crippen molar-refractivity contribution in [2.45, 2.75) is 19.5 Å². The van der Waals surface area contributed by atoms with E-state index in [1.54, 1.807) is 7.11 Å². The highest BCUT2D eigenvalue weighted by Crippen LogP contribution is 2.28. The van der Waals surface area contributed by atoms with Gasteiger partial charge in [0.25, 0.3) is 0 Å². The van der Waals surface area contributed by atoms with Crippen molar-refractivity contribution in [1.82, 2.24) is 15.5 Å². The average molecular weight is 398 g/mol. The zero-order chi connectivity index (χ0) is 20.8. The fourth-order valence-corrected chi connectivity index (χ4v) is 2.28. The lowest BCUT2D eigenvalue weighted by molar-refractivity contribution is -0.137. The van der Waals surface area contributed by atoms with E-state index < -0.39 is 11.7 Å². The minimum absolute atomic E-state index is 0.344. The molecule has 156 valence electrons. The molecule has 0 aromatic heterocycles. The molecule has 0 spiro atoms. The normalized spacial score (nSPS) is 11.9. The van der Waals surface area contributed by atoms with Crippen LogP contribution in [0.4, 0.5) is 13.2 Å². The second-order valence-electron chi connectivity index (χ2n) is 6.14. The largest absolute Gasteiger partial charge is 0.416 e. The molecule has 0 amide bonds. The van der Waals surface area contributed by atoms with E-state index in [0.29, 0.717) is 24.6 Å². The Morgan fingerprint density at radius 3 is 2.50 bits per heavy atom. The van der Waals surface area contributed by atoms with Crippen molar-refractivity contribution in [3.63, 3.8) is 0 Å². The molecule has 0 aliphatic heterocycles. The van der Waals surface area contributed by atoms with Gasteiger partial charge in [0.2, 0.25) is 0 Å². The van der Waals surface area contributed by atoms with Gasteiger partial charge < -0.3 is 20.3 Å². The number of methoxy groups -OCH3 is 1. The molecule has 0 fully saturated rings. The van der Waals surface area contributed by atoms with Gasteiger partial charge in [-0.05, 0) is 44.7 Å². The number of benzene rings is 1. The Hall–Kier alpha value is -2.24. The number of halogens is 3. The number of hydrogen-bond acceptors (Lipinski definition) is 3. The summed E-state index contributed by atoms with van der Waals surface area (Å²) in [4.78, 5) is 6.68. The fourth-order valence-electron chi connectivity index (χ4n) is 2.28. The van der Waals surface area contributed by atoms with Crippen LogP contribution in [0.15, 0.2) is 29.3 Å². The Kier molecular flexibility index (Phi) is 11.1. The van der Waals surface area contributed by atoms with Gasteiger partial charge in [-0.3, -0.25) is 4.99 Å². The third kappa shape index (κ3) is 10.2. The van der Waals surface area contributed by atoms with Crippen LogP contribution in [0.3, 0.4) is 0 Å². The first-order valence-corrected chi connectivity index (χ1v) is 9.22. The molecule has 0 radical (unpaired) electrons. The molecule has 0 saturated heterocycles. The molecule has 0 atom stereocenters. The Bertz CT molecular complexity index is 648. The number of aliphatic imine (C=N–C) groups is 1. The molecule has 0 unspecified atom stereocenters. The SMILES string of the molecule is CCNC(=NCCN(C)CCCOC)NCC#Cc1ccc(C(F)(F)F)cc1. The molecule has 1 rings (SSSR count). The molecule has 1 aromatic rings. The minimum atomic E-state index is -4.33. The van der Waals surface area contributed by atoms with Crippen LogP contribution in [0.25, 0.3) is 0 Å². The van der Waals surface area contributed by atoms with Crippen LogP contribution in [0, 0.1) is 11.8 Å². The van der Waals surface area contributed by atoms with Crippen LogP contribution in [-0.4, -0.2) is 64.3 Å². The van der Waals surface area contributed by atoms with Gasteiger partial charge in [-0.2, -0.15) is 13.2 Å². The zero-order valence-corrected chi connectivity index (χ0v) is 16.7. The Morgan fingerprint density at radius 2 is 1.89 bits per heavy atom. The van der Waals surface area contributed by atoms with Crippen LogP contribution >= 0.6 is 0 Å². The van der Waals surface area contributed by atoms with Crippen LogP contribution in [0.1, 0.15) is 24.5 Å². The van der Waals surface area contributed by atoms with Crippen molar-refractivity contribution in [3.05, 3.63) is 35.4 Å². The summed E-state index contributed by atoms with van der Waals surface area (Å²) in [6.45, 7) is 6.21. The van der Waals surface area contributed by atoms with Crippen molar-refractivity contribution < 1.29 is 17.9 Å².